The van der Waals surface area contributed by atoms with Gasteiger partial charge in [0.25, 0.3) is 0 Å². The molecule has 21 heavy (non-hydrogen) atoms. The van der Waals surface area contributed by atoms with E-state index in [1.165, 1.54) is 0 Å². The van der Waals surface area contributed by atoms with Crippen LogP contribution in [0, 0.1) is 11.8 Å². The van der Waals surface area contributed by atoms with E-state index in [1.807, 2.05) is 0 Å². The minimum atomic E-state index is -3.42. The quantitative estimate of drug-likeness (QED) is 0.880. The van der Waals surface area contributed by atoms with Gasteiger partial charge >= 0.3 is 0 Å². The Morgan fingerprint density at radius 3 is 2.43 bits per heavy atom. The fourth-order valence-electron chi connectivity index (χ4n) is 2.80. The van der Waals surface area contributed by atoms with Gasteiger partial charge < -0.3 is 5.73 Å². The molecule has 0 unspecified atom stereocenters. The SMILES string of the molecule is CC(C)C1CCN(S(=O)(=O)c2ccc(CN)cc2Br)CC1. The van der Waals surface area contributed by atoms with Crippen LogP contribution in [0.2, 0.25) is 0 Å². The van der Waals surface area contributed by atoms with Crippen molar-refractivity contribution in [3.05, 3.63) is 28.2 Å². The van der Waals surface area contributed by atoms with Crippen LogP contribution in [0.5, 0.6) is 0 Å². The van der Waals surface area contributed by atoms with Gasteiger partial charge in [0.15, 0.2) is 0 Å². The van der Waals surface area contributed by atoms with Crippen LogP contribution < -0.4 is 5.73 Å². The maximum Gasteiger partial charge on any atom is 0.244 e. The molecule has 0 spiro atoms. The summed E-state index contributed by atoms with van der Waals surface area (Å²) in [6, 6.07) is 5.21. The highest BCUT2D eigenvalue weighted by molar-refractivity contribution is 9.10. The molecule has 4 nitrogen and oxygen atoms in total. The summed E-state index contributed by atoms with van der Waals surface area (Å²) < 4.78 is 27.7. The Labute approximate surface area is 135 Å². The Morgan fingerprint density at radius 2 is 1.95 bits per heavy atom. The van der Waals surface area contributed by atoms with Gasteiger partial charge in [-0.15, -0.1) is 0 Å². The number of nitrogens with zero attached hydrogens (tertiary/aromatic N) is 1. The van der Waals surface area contributed by atoms with Gasteiger partial charge in [-0.05, 0) is 58.3 Å². The summed E-state index contributed by atoms with van der Waals surface area (Å²) in [5, 5.41) is 0. The number of benzene rings is 1. The highest BCUT2D eigenvalue weighted by Crippen LogP contribution is 2.31. The molecule has 1 saturated heterocycles. The first-order chi connectivity index (χ1) is 9.86. The van der Waals surface area contributed by atoms with E-state index in [0.717, 1.165) is 18.4 Å². The van der Waals surface area contributed by atoms with E-state index >= 15 is 0 Å². The molecular weight excluding hydrogens is 352 g/mol. The zero-order valence-corrected chi connectivity index (χ0v) is 15.0. The third kappa shape index (κ3) is 3.67. The predicted molar refractivity (Wildman–Crippen MR) is 88.4 cm³/mol. The lowest BCUT2D eigenvalue weighted by Gasteiger charge is -2.33. The molecular formula is C15H23BrN2O2S. The van der Waals surface area contributed by atoms with Crippen molar-refractivity contribution in [1.82, 2.24) is 4.31 Å². The lowest BCUT2D eigenvalue weighted by Crippen LogP contribution is -2.39. The Morgan fingerprint density at radius 1 is 1.33 bits per heavy atom. The summed E-state index contributed by atoms with van der Waals surface area (Å²) in [7, 11) is -3.42. The molecule has 2 rings (SSSR count). The van der Waals surface area contributed by atoms with Gasteiger partial charge in [-0.25, -0.2) is 8.42 Å². The van der Waals surface area contributed by atoms with Gasteiger partial charge in [0.1, 0.15) is 0 Å². The molecule has 118 valence electrons. The Hall–Kier alpha value is -0.430. The average molecular weight is 375 g/mol. The van der Waals surface area contributed by atoms with Crippen molar-refractivity contribution in [3.8, 4) is 0 Å². The van der Waals surface area contributed by atoms with E-state index in [4.69, 9.17) is 5.73 Å². The summed E-state index contributed by atoms with van der Waals surface area (Å²) in [6.07, 6.45) is 1.88. The molecule has 0 atom stereocenters. The zero-order valence-electron chi connectivity index (χ0n) is 12.5. The largest absolute Gasteiger partial charge is 0.326 e. The molecule has 1 heterocycles. The van der Waals surface area contributed by atoms with Crippen LogP contribution in [0.25, 0.3) is 0 Å². The molecule has 1 fully saturated rings. The van der Waals surface area contributed by atoms with Crippen molar-refractivity contribution in [2.45, 2.75) is 38.1 Å². The summed E-state index contributed by atoms with van der Waals surface area (Å²) in [4.78, 5) is 0.336. The maximum atomic E-state index is 12.7. The summed E-state index contributed by atoms with van der Waals surface area (Å²) in [5.41, 5.74) is 6.50. The van der Waals surface area contributed by atoms with Crippen molar-refractivity contribution in [2.24, 2.45) is 17.6 Å². The van der Waals surface area contributed by atoms with E-state index in [2.05, 4.69) is 29.8 Å². The zero-order chi connectivity index (χ0) is 15.6. The topological polar surface area (TPSA) is 63.4 Å². The van der Waals surface area contributed by atoms with Crippen LogP contribution in [0.3, 0.4) is 0 Å². The van der Waals surface area contributed by atoms with Crippen molar-refractivity contribution >= 4 is 26.0 Å². The van der Waals surface area contributed by atoms with Crippen molar-refractivity contribution in [1.29, 1.82) is 0 Å². The van der Waals surface area contributed by atoms with E-state index in [0.29, 0.717) is 40.8 Å². The van der Waals surface area contributed by atoms with Crippen molar-refractivity contribution in [2.75, 3.05) is 13.1 Å². The van der Waals surface area contributed by atoms with Crippen molar-refractivity contribution in [3.63, 3.8) is 0 Å². The molecule has 1 aliphatic heterocycles. The fourth-order valence-corrected chi connectivity index (χ4v) is 5.36. The van der Waals surface area contributed by atoms with Crippen LogP contribution in [0.1, 0.15) is 32.3 Å². The van der Waals surface area contributed by atoms with E-state index in [9.17, 15) is 8.42 Å². The fraction of sp³-hybridized carbons (Fsp3) is 0.600. The summed E-state index contributed by atoms with van der Waals surface area (Å²) >= 11 is 3.36. The smallest absolute Gasteiger partial charge is 0.244 e. The predicted octanol–water partition coefficient (Wildman–Crippen LogP) is 2.96. The van der Waals surface area contributed by atoms with Gasteiger partial charge in [-0.2, -0.15) is 4.31 Å². The van der Waals surface area contributed by atoms with Crippen molar-refractivity contribution < 1.29 is 8.42 Å². The molecule has 2 N–H and O–H groups in total. The lowest BCUT2D eigenvalue weighted by molar-refractivity contribution is 0.226. The van der Waals surface area contributed by atoms with E-state index in [1.54, 1.807) is 22.5 Å². The van der Waals surface area contributed by atoms with E-state index < -0.39 is 10.0 Å². The van der Waals surface area contributed by atoms with Gasteiger partial charge in [0, 0.05) is 24.1 Å². The Kier molecular flexibility index (Phi) is 5.46. The highest BCUT2D eigenvalue weighted by atomic mass is 79.9. The number of nitrogens with two attached hydrogens (primary N) is 1. The molecule has 0 radical (unpaired) electrons. The summed E-state index contributed by atoms with van der Waals surface area (Å²) in [5.74, 6) is 1.24. The number of rotatable bonds is 4. The molecule has 0 saturated carbocycles. The minimum absolute atomic E-state index is 0.336. The third-order valence-corrected chi connectivity index (χ3v) is 7.17. The number of piperidine rings is 1. The Balaban J connectivity index is 2.19. The van der Waals surface area contributed by atoms with Crippen LogP contribution in [0.4, 0.5) is 0 Å². The third-order valence-electron chi connectivity index (χ3n) is 4.29. The van der Waals surface area contributed by atoms with Gasteiger partial charge in [-0.3, -0.25) is 0 Å². The van der Waals surface area contributed by atoms with Crippen LogP contribution in [-0.2, 0) is 16.6 Å². The normalized spacial score (nSPS) is 18.3. The molecule has 6 heteroatoms. The Bertz CT molecular complexity index is 594. The highest BCUT2D eigenvalue weighted by Gasteiger charge is 2.31. The molecule has 1 aromatic rings. The maximum absolute atomic E-state index is 12.7. The van der Waals surface area contributed by atoms with E-state index in [-0.39, 0.29) is 0 Å². The second-order valence-corrected chi connectivity index (χ2v) is 8.72. The second kappa shape index (κ2) is 6.77. The summed E-state index contributed by atoms with van der Waals surface area (Å²) in [6.45, 7) is 6.03. The average Bonchev–Trinajstić information content (AvgIpc) is 2.46. The number of hydrogen-bond donors (Lipinski definition) is 1. The molecule has 0 aliphatic carbocycles. The van der Waals surface area contributed by atoms with Crippen LogP contribution in [-0.4, -0.2) is 25.8 Å². The number of hydrogen-bond acceptors (Lipinski definition) is 3. The van der Waals surface area contributed by atoms with Gasteiger partial charge in [0.2, 0.25) is 10.0 Å². The number of sulfonamides is 1. The minimum Gasteiger partial charge on any atom is -0.326 e. The van der Waals surface area contributed by atoms with Gasteiger partial charge in [0.05, 0.1) is 4.90 Å². The molecule has 0 aromatic heterocycles. The first-order valence-corrected chi connectivity index (χ1v) is 9.58. The first-order valence-electron chi connectivity index (χ1n) is 7.35. The molecule has 0 amide bonds. The number of halogens is 1. The van der Waals surface area contributed by atoms with Crippen LogP contribution >= 0.6 is 15.9 Å². The monoisotopic (exact) mass is 374 g/mol. The van der Waals surface area contributed by atoms with Gasteiger partial charge in [-0.1, -0.05) is 19.9 Å². The second-order valence-electron chi connectivity index (χ2n) is 5.95. The molecule has 1 aliphatic rings. The lowest BCUT2D eigenvalue weighted by atomic mass is 9.87. The molecule has 0 bridgehead atoms. The standard InChI is InChI=1S/C15H23BrN2O2S/c1-11(2)13-5-7-18(8-6-13)21(19,20)15-4-3-12(10-17)9-14(15)16/h3-4,9,11,13H,5-8,10,17H2,1-2H3. The first kappa shape index (κ1) is 16.9. The van der Waals surface area contributed by atoms with Crippen LogP contribution in [0.15, 0.2) is 27.6 Å². The molecule has 1 aromatic carbocycles.